The van der Waals surface area contributed by atoms with Crippen molar-refractivity contribution in [1.29, 1.82) is 0 Å². The molecule has 2 rings (SSSR count). The molecule has 4 nitrogen and oxygen atoms in total. The Bertz CT molecular complexity index is 584. The molecule has 0 aromatic heterocycles. The predicted molar refractivity (Wildman–Crippen MR) is 82.5 cm³/mol. The van der Waals surface area contributed by atoms with E-state index >= 15 is 0 Å². The summed E-state index contributed by atoms with van der Waals surface area (Å²) in [7, 11) is 5.32. The van der Waals surface area contributed by atoms with Gasteiger partial charge in [0, 0.05) is 13.6 Å². The third-order valence-electron chi connectivity index (χ3n) is 3.21. The van der Waals surface area contributed by atoms with E-state index in [4.69, 9.17) is 15.2 Å². The normalized spacial score (nSPS) is 10.2. The van der Waals surface area contributed by atoms with Crippen LogP contribution in [-0.2, 0) is 6.54 Å². The Labute approximate surface area is 119 Å². The number of nitrogens with two attached hydrogens (primary N) is 1. The minimum atomic E-state index is 0.651. The number of anilines is 2. The summed E-state index contributed by atoms with van der Waals surface area (Å²) in [4.78, 5) is 2.13. The van der Waals surface area contributed by atoms with Gasteiger partial charge in [0.2, 0.25) is 0 Å². The number of hydrogen-bond acceptors (Lipinski definition) is 4. The molecule has 0 bridgehead atoms. The minimum absolute atomic E-state index is 0.651. The van der Waals surface area contributed by atoms with Crippen LogP contribution in [0.1, 0.15) is 5.56 Å². The van der Waals surface area contributed by atoms with Crippen LogP contribution < -0.4 is 20.1 Å². The topological polar surface area (TPSA) is 47.7 Å². The molecule has 0 saturated carbocycles. The highest BCUT2D eigenvalue weighted by Gasteiger charge is 2.09. The molecule has 0 radical (unpaired) electrons. The molecule has 0 spiro atoms. The Morgan fingerprint density at radius 2 is 1.70 bits per heavy atom. The van der Waals surface area contributed by atoms with Gasteiger partial charge in [0.15, 0.2) is 0 Å². The van der Waals surface area contributed by atoms with Gasteiger partial charge in [-0.1, -0.05) is 18.2 Å². The van der Waals surface area contributed by atoms with Gasteiger partial charge < -0.3 is 20.1 Å². The van der Waals surface area contributed by atoms with E-state index in [9.17, 15) is 0 Å². The van der Waals surface area contributed by atoms with E-state index in [1.807, 2.05) is 49.5 Å². The van der Waals surface area contributed by atoms with Crippen molar-refractivity contribution in [2.45, 2.75) is 6.54 Å². The van der Waals surface area contributed by atoms with Crippen molar-refractivity contribution in [2.24, 2.45) is 0 Å². The average molecular weight is 272 g/mol. The Morgan fingerprint density at radius 1 is 1.00 bits per heavy atom. The monoisotopic (exact) mass is 272 g/mol. The van der Waals surface area contributed by atoms with E-state index in [1.54, 1.807) is 14.2 Å². The second kappa shape index (κ2) is 6.19. The van der Waals surface area contributed by atoms with Gasteiger partial charge in [0.05, 0.1) is 25.6 Å². The summed E-state index contributed by atoms with van der Waals surface area (Å²) in [5.41, 5.74) is 8.75. The highest BCUT2D eigenvalue weighted by molar-refractivity contribution is 5.59. The standard InChI is InChI=1S/C16H20N2O2/c1-18(14-6-4-5-7-16(14)20-3)11-12-8-9-15(19-2)13(17)10-12/h4-10H,11,17H2,1-3H3. The minimum Gasteiger partial charge on any atom is -0.495 e. The summed E-state index contributed by atoms with van der Waals surface area (Å²) in [6, 6.07) is 13.8. The van der Waals surface area contributed by atoms with Crippen LogP contribution >= 0.6 is 0 Å². The predicted octanol–water partition coefficient (Wildman–Crippen LogP) is 2.92. The quantitative estimate of drug-likeness (QED) is 0.850. The van der Waals surface area contributed by atoms with Crippen molar-refractivity contribution in [2.75, 3.05) is 31.9 Å². The van der Waals surface area contributed by atoms with Crippen LogP contribution in [0, 0.1) is 0 Å². The zero-order valence-electron chi connectivity index (χ0n) is 12.1. The van der Waals surface area contributed by atoms with Crippen LogP contribution in [0.3, 0.4) is 0 Å². The number of nitrogen functional groups attached to an aromatic ring is 1. The Hall–Kier alpha value is -2.36. The van der Waals surface area contributed by atoms with Crippen LogP contribution in [0.5, 0.6) is 11.5 Å². The first kappa shape index (κ1) is 14.1. The first-order valence-electron chi connectivity index (χ1n) is 6.42. The summed E-state index contributed by atoms with van der Waals surface area (Å²) in [6.07, 6.45) is 0. The van der Waals surface area contributed by atoms with E-state index in [0.717, 1.165) is 23.5 Å². The van der Waals surface area contributed by atoms with Crippen molar-refractivity contribution in [1.82, 2.24) is 0 Å². The van der Waals surface area contributed by atoms with Crippen molar-refractivity contribution in [3.63, 3.8) is 0 Å². The van der Waals surface area contributed by atoms with Gasteiger partial charge in [-0.3, -0.25) is 0 Å². The second-order valence-electron chi connectivity index (χ2n) is 4.60. The van der Waals surface area contributed by atoms with Crippen LogP contribution in [0.4, 0.5) is 11.4 Å². The van der Waals surface area contributed by atoms with Gasteiger partial charge in [-0.15, -0.1) is 0 Å². The molecule has 0 saturated heterocycles. The second-order valence-corrected chi connectivity index (χ2v) is 4.60. The van der Waals surface area contributed by atoms with Crippen LogP contribution in [-0.4, -0.2) is 21.3 Å². The number of hydrogen-bond donors (Lipinski definition) is 1. The van der Waals surface area contributed by atoms with Gasteiger partial charge >= 0.3 is 0 Å². The van der Waals surface area contributed by atoms with E-state index in [1.165, 1.54) is 0 Å². The maximum atomic E-state index is 5.93. The molecule has 0 aliphatic heterocycles. The molecule has 2 N–H and O–H groups in total. The van der Waals surface area contributed by atoms with Gasteiger partial charge in [-0.05, 0) is 29.8 Å². The number of methoxy groups -OCH3 is 2. The van der Waals surface area contributed by atoms with Gasteiger partial charge in [-0.25, -0.2) is 0 Å². The van der Waals surface area contributed by atoms with E-state index in [0.29, 0.717) is 11.4 Å². The lowest BCUT2D eigenvalue weighted by Gasteiger charge is -2.22. The van der Waals surface area contributed by atoms with Crippen molar-refractivity contribution in [3.8, 4) is 11.5 Å². The smallest absolute Gasteiger partial charge is 0.142 e. The highest BCUT2D eigenvalue weighted by atomic mass is 16.5. The van der Waals surface area contributed by atoms with E-state index in [2.05, 4.69) is 4.90 Å². The molecule has 106 valence electrons. The molecule has 0 unspecified atom stereocenters. The number of benzene rings is 2. The van der Waals surface area contributed by atoms with Crippen LogP contribution in [0.15, 0.2) is 42.5 Å². The third-order valence-corrected chi connectivity index (χ3v) is 3.21. The highest BCUT2D eigenvalue weighted by Crippen LogP contribution is 2.29. The summed E-state index contributed by atoms with van der Waals surface area (Å²) < 4.78 is 10.5. The SMILES string of the molecule is COc1ccc(CN(C)c2ccccc2OC)cc1N. The van der Waals surface area contributed by atoms with E-state index in [-0.39, 0.29) is 0 Å². The lowest BCUT2D eigenvalue weighted by molar-refractivity contribution is 0.414. The molecular weight excluding hydrogens is 252 g/mol. The fourth-order valence-electron chi connectivity index (χ4n) is 2.19. The Morgan fingerprint density at radius 3 is 2.35 bits per heavy atom. The molecular formula is C16H20N2O2. The van der Waals surface area contributed by atoms with Crippen LogP contribution in [0.25, 0.3) is 0 Å². The molecule has 0 fully saturated rings. The molecule has 2 aromatic rings. The van der Waals surface area contributed by atoms with Gasteiger partial charge in [0.1, 0.15) is 11.5 Å². The molecule has 0 atom stereocenters. The zero-order valence-corrected chi connectivity index (χ0v) is 12.1. The lowest BCUT2D eigenvalue weighted by Crippen LogP contribution is -2.17. The fourth-order valence-corrected chi connectivity index (χ4v) is 2.19. The first-order valence-corrected chi connectivity index (χ1v) is 6.42. The summed E-state index contributed by atoms with van der Waals surface area (Å²) >= 11 is 0. The van der Waals surface area contributed by atoms with Crippen molar-refractivity contribution >= 4 is 11.4 Å². The average Bonchev–Trinajstić information content (AvgIpc) is 2.47. The van der Waals surface area contributed by atoms with E-state index < -0.39 is 0 Å². The zero-order chi connectivity index (χ0) is 14.5. The fraction of sp³-hybridized carbons (Fsp3) is 0.250. The number of nitrogens with zero attached hydrogens (tertiary/aromatic N) is 1. The van der Waals surface area contributed by atoms with Crippen LogP contribution in [0.2, 0.25) is 0 Å². The Kier molecular flexibility index (Phi) is 4.35. The molecule has 0 aliphatic rings. The molecule has 0 amide bonds. The van der Waals surface area contributed by atoms with Gasteiger partial charge in [0.25, 0.3) is 0 Å². The molecule has 0 heterocycles. The largest absolute Gasteiger partial charge is 0.495 e. The first-order chi connectivity index (χ1) is 9.65. The molecule has 4 heteroatoms. The number of ether oxygens (including phenoxy) is 2. The maximum absolute atomic E-state index is 5.93. The number of para-hydroxylation sites is 2. The third kappa shape index (κ3) is 2.96. The Balaban J connectivity index is 2.19. The number of rotatable bonds is 5. The summed E-state index contributed by atoms with van der Waals surface area (Å²) in [6.45, 7) is 0.745. The molecule has 20 heavy (non-hydrogen) atoms. The summed E-state index contributed by atoms with van der Waals surface area (Å²) in [5.74, 6) is 1.56. The van der Waals surface area contributed by atoms with Crippen molar-refractivity contribution < 1.29 is 9.47 Å². The van der Waals surface area contributed by atoms with Gasteiger partial charge in [-0.2, -0.15) is 0 Å². The molecule has 0 aliphatic carbocycles. The maximum Gasteiger partial charge on any atom is 0.142 e. The van der Waals surface area contributed by atoms with Crippen molar-refractivity contribution in [3.05, 3.63) is 48.0 Å². The lowest BCUT2D eigenvalue weighted by atomic mass is 10.1. The molecule has 2 aromatic carbocycles. The summed E-state index contributed by atoms with van der Waals surface area (Å²) in [5, 5.41) is 0.